The minimum absolute atomic E-state index is 0.0459. The molecule has 0 saturated carbocycles. The number of anilines is 2. The number of sulfonamides is 1. The van der Waals surface area contributed by atoms with E-state index in [1.807, 2.05) is 6.07 Å². The van der Waals surface area contributed by atoms with Gasteiger partial charge in [-0.3, -0.25) is 4.79 Å². The highest BCUT2D eigenvalue weighted by Crippen LogP contribution is 2.44. The normalized spacial score (nSPS) is 22.1. The molecule has 2 aliphatic heterocycles. The highest BCUT2D eigenvalue weighted by Gasteiger charge is 2.42. The number of carbonyl (C=O) groups excluding carboxylic acids is 1. The minimum Gasteiger partial charge on any atom is -0.384 e. The molecule has 2 saturated heterocycles. The van der Waals surface area contributed by atoms with E-state index in [0.29, 0.717) is 50.8 Å². The number of ether oxygens (including phenoxy) is 2. The lowest BCUT2D eigenvalue weighted by Crippen LogP contribution is -2.41. The first-order chi connectivity index (χ1) is 19.1. The second kappa shape index (κ2) is 10.4. The van der Waals surface area contributed by atoms with Gasteiger partial charge in [-0.1, -0.05) is 39.8 Å². The van der Waals surface area contributed by atoms with Crippen molar-refractivity contribution >= 4 is 33.1 Å². The number of hydrogen-bond acceptors (Lipinski definition) is 9. The van der Waals surface area contributed by atoms with E-state index < -0.39 is 21.7 Å². The van der Waals surface area contributed by atoms with E-state index in [1.165, 1.54) is 18.2 Å². The van der Waals surface area contributed by atoms with E-state index in [4.69, 9.17) is 20.2 Å². The molecule has 4 heterocycles. The molecule has 1 amide bonds. The van der Waals surface area contributed by atoms with Gasteiger partial charge in [0, 0.05) is 35.9 Å². The van der Waals surface area contributed by atoms with Crippen molar-refractivity contribution < 1.29 is 22.7 Å². The minimum atomic E-state index is -4.29. The van der Waals surface area contributed by atoms with E-state index in [9.17, 15) is 13.2 Å². The zero-order chi connectivity index (χ0) is 29.8. The summed E-state index contributed by atoms with van der Waals surface area (Å²) in [4.78, 5) is 25.2. The molecule has 3 N–H and O–H groups in total. The summed E-state index contributed by atoms with van der Waals surface area (Å²) in [5, 5.41) is -0.320. The highest BCUT2D eigenvalue weighted by molar-refractivity contribution is 7.90. The van der Waals surface area contributed by atoms with Crippen molar-refractivity contribution in [2.75, 3.05) is 30.4 Å². The molecule has 2 fully saturated rings. The van der Waals surface area contributed by atoms with Crippen LogP contribution in [0.4, 0.5) is 11.6 Å². The Labute approximate surface area is 242 Å². The molecule has 222 valence electrons. The summed E-state index contributed by atoms with van der Waals surface area (Å²) in [7, 11) is -4.29. The molecule has 2 aromatic rings. The summed E-state index contributed by atoms with van der Waals surface area (Å²) >= 11 is 0. The molecule has 0 aromatic carbocycles. The third kappa shape index (κ3) is 5.85. The standard InChI is InChI=1S/C30H41N5O5S/c1-19-17-29(5,6)35(18-19)26-22(27(36)34-41(37,38)24-9-7-8-23(31)32-24)16-21(25(33-26)28(2,3)4)20-10-12-30(13-11-20)39-14-15-40-30/h7-10,16,19H,11-15,17-18H2,1-6H3,(H2,31,32)(H,34,36). The fourth-order valence-electron chi connectivity index (χ4n) is 6.27. The Morgan fingerprint density at radius 1 is 1.17 bits per heavy atom. The molecule has 1 spiro atoms. The van der Waals surface area contributed by atoms with E-state index in [1.54, 1.807) is 0 Å². The molecular formula is C30H41N5O5S. The van der Waals surface area contributed by atoms with Gasteiger partial charge in [0.15, 0.2) is 10.8 Å². The lowest BCUT2D eigenvalue weighted by Gasteiger charge is -2.36. The summed E-state index contributed by atoms with van der Waals surface area (Å²) in [5.41, 5.74) is 8.04. The Balaban J connectivity index is 1.63. The zero-order valence-corrected chi connectivity index (χ0v) is 25.6. The highest BCUT2D eigenvalue weighted by atomic mass is 32.2. The van der Waals surface area contributed by atoms with Gasteiger partial charge in [-0.2, -0.15) is 8.42 Å². The van der Waals surface area contributed by atoms with Gasteiger partial charge in [0.25, 0.3) is 15.9 Å². The number of nitrogens with one attached hydrogen (secondary N) is 1. The number of nitrogens with two attached hydrogens (primary N) is 1. The van der Waals surface area contributed by atoms with Crippen LogP contribution in [0.3, 0.4) is 0 Å². The van der Waals surface area contributed by atoms with Crippen LogP contribution in [0, 0.1) is 5.92 Å². The number of carbonyl (C=O) groups is 1. The SMILES string of the molecule is CC1CN(c2nc(C(C)(C)C)c(C3=CCC4(CC3)OCCO4)cc2C(=O)NS(=O)(=O)c2cccc(N)n2)C(C)(C)C1. The van der Waals surface area contributed by atoms with Crippen molar-refractivity contribution in [1.82, 2.24) is 14.7 Å². The Kier molecular flexibility index (Phi) is 7.45. The monoisotopic (exact) mass is 583 g/mol. The summed E-state index contributed by atoms with van der Waals surface area (Å²) in [5.74, 6) is -0.442. The predicted molar refractivity (Wildman–Crippen MR) is 158 cm³/mol. The van der Waals surface area contributed by atoms with Crippen LogP contribution in [0.2, 0.25) is 0 Å². The first-order valence-electron chi connectivity index (χ1n) is 14.2. The molecule has 3 aliphatic rings. The molecule has 0 bridgehead atoms. The number of nitrogen functional groups attached to an aromatic ring is 1. The van der Waals surface area contributed by atoms with E-state index in [-0.39, 0.29) is 27.4 Å². The fourth-order valence-corrected chi connectivity index (χ4v) is 7.22. The van der Waals surface area contributed by atoms with Gasteiger partial charge in [-0.05, 0) is 56.4 Å². The molecule has 41 heavy (non-hydrogen) atoms. The van der Waals surface area contributed by atoms with Crippen LogP contribution in [0.5, 0.6) is 0 Å². The maximum absolute atomic E-state index is 13.9. The maximum atomic E-state index is 13.9. The van der Waals surface area contributed by atoms with Gasteiger partial charge in [0.2, 0.25) is 0 Å². The second-order valence-electron chi connectivity index (χ2n) is 13.1. The smallest absolute Gasteiger partial charge is 0.281 e. The molecule has 10 nitrogen and oxygen atoms in total. The molecule has 2 aromatic heterocycles. The van der Waals surface area contributed by atoms with Gasteiger partial charge in [-0.25, -0.2) is 14.7 Å². The predicted octanol–water partition coefficient (Wildman–Crippen LogP) is 4.41. The third-order valence-corrected chi connectivity index (χ3v) is 9.36. The number of hydrogen-bond donors (Lipinski definition) is 2. The fraction of sp³-hybridized carbons (Fsp3) is 0.567. The molecular weight excluding hydrogens is 542 g/mol. The van der Waals surface area contributed by atoms with Crippen LogP contribution in [-0.2, 0) is 24.9 Å². The number of allylic oxidation sites excluding steroid dienone is 1. The van der Waals surface area contributed by atoms with Crippen molar-refractivity contribution in [2.45, 2.75) is 89.0 Å². The first kappa shape index (κ1) is 29.5. The van der Waals surface area contributed by atoms with Crippen molar-refractivity contribution in [2.24, 2.45) is 5.92 Å². The van der Waals surface area contributed by atoms with Gasteiger partial charge in [0.05, 0.1) is 24.5 Å². The number of amides is 1. The largest absolute Gasteiger partial charge is 0.384 e. The van der Waals surface area contributed by atoms with Crippen LogP contribution in [-0.4, -0.2) is 55.4 Å². The number of pyridine rings is 2. The number of aromatic nitrogens is 2. The van der Waals surface area contributed by atoms with Crippen molar-refractivity contribution in [3.8, 4) is 0 Å². The van der Waals surface area contributed by atoms with E-state index in [2.05, 4.69) is 62.2 Å². The molecule has 11 heteroatoms. The number of nitrogens with zero attached hydrogens (tertiary/aromatic N) is 3. The summed E-state index contributed by atoms with van der Waals surface area (Å²) < 4.78 is 40.5. The lowest BCUT2D eigenvalue weighted by molar-refractivity contribution is -0.159. The molecule has 1 unspecified atom stereocenters. The third-order valence-electron chi connectivity index (χ3n) is 8.13. The Bertz CT molecular complexity index is 1490. The Hall–Kier alpha value is -3.02. The van der Waals surface area contributed by atoms with Crippen LogP contribution >= 0.6 is 0 Å². The zero-order valence-electron chi connectivity index (χ0n) is 24.8. The maximum Gasteiger partial charge on any atom is 0.281 e. The van der Waals surface area contributed by atoms with Crippen LogP contribution in [0.1, 0.15) is 88.8 Å². The van der Waals surface area contributed by atoms with Gasteiger partial charge < -0.3 is 20.1 Å². The van der Waals surface area contributed by atoms with Crippen molar-refractivity contribution in [3.05, 3.63) is 47.2 Å². The summed E-state index contributed by atoms with van der Waals surface area (Å²) in [6.07, 6.45) is 5.00. The Morgan fingerprint density at radius 2 is 1.88 bits per heavy atom. The van der Waals surface area contributed by atoms with E-state index in [0.717, 1.165) is 23.3 Å². The van der Waals surface area contributed by atoms with Gasteiger partial charge in [-0.15, -0.1) is 0 Å². The lowest BCUT2D eigenvalue weighted by atomic mass is 9.81. The number of rotatable bonds is 5. The van der Waals surface area contributed by atoms with Crippen LogP contribution in [0.15, 0.2) is 35.4 Å². The van der Waals surface area contributed by atoms with Crippen LogP contribution < -0.4 is 15.4 Å². The average molecular weight is 584 g/mol. The summed E-state index contributed by atoms with van der Waals surface area (Å²) in [6.45, 7) is 14.6. The summed E-state index contributed by atoms with van der Waals surface area (Å²) in [6, 6.07) is 6.10. The average Bonchev–Trinajstić information content (AvgIpc) is 3.45. The topological polar surface area (TPSA) is 137 Å². The quantitative estimate of drug-likeness (QED) is 0.524. The van der Waals surface area contributed by atoms with Gasteiger partial charge in [0.1, 0.15) is 11.6 Å². The molecule has 1 aliphatic carbocycles. The second-order valence-corrected chi connectivity index (χ2v) is 14.7. The molecule has 5 rings (SSSR count). The van der Waals surface area contributed by atoms with Gasteiger partial charge >= 0.3 is 0 Å². The van der Waals surface area contributed by atoms with Crippen molar-refractivity contribution in [1.29, 1.82) is 0 Å². The molecule has 0 radical (unpaired) electrons. The van der Waals surface area contributed by atoms with E-state index >= 15 is 0 Å². The first-order valence-corrected chi connectivity index (χ1v) is 15.7. The van der Waals surface area contributed by atoms with Crippen LogP contribution in [0.25, 0.3) is 5.57 Å². The van der Waals surface area contributed by atoms with Crippen molar-refractivity contribution in [3.63, 3.8) is 0 Å². The molecule has 1 atom stereocenters. The Morgan fingerprint density at radius 3 is 2.44 bits per heavy atom.